The first-order valence-corrected chi connectivity index (χ1v) is 5.48. The Labute approximate surface area is 95.1 Å². The Morgan fingerprint density at radius 3 is 2.56 bits per heavy atom. The molecule has 0 amide bonds. The van der Waals surface area contributed by atoms with Crippen LogP contribution in [0.4, 0.5) is 0 Å². The predicted molar refractivity (Wildman–Crippen MR) is 61.6 cm³/mol. The number of carboxylic acid groups (broad SMARTS) is 1. The number of carboxylic acids is 1. The summed E-state index contributed by atoms with van der Waals surface area (Å²) in [5, 5.41) is 8.95. The largest absolute Gasteiger partial charge is 0.478 e. The van der Waals surface area contributed by atoms with E-state index in [4.69, 9.17) is 5.11 Å². The first-order valence-electron chi connectivity index (χ1n) is 5.48. The molecule has 0 radical (unpaired) electrons. The van der Waals surface area contributed by atoms with E-state index in [9.17, 15) is 9.59 Å². The van der Waals surface area contributed by atoms with Crippen molar-refractivity contribution in [2.24, 2.45) is 0 Å². The standard InChI is InChI=1S/C13H16O3/c1-2-11(14)8-5-7-10-6-3-4-9-12(10)13(15)16/h3-4,6,9H,2,5,7-8H2,1H3,(H,15,16). The highest BCUT2D eigenvalue weighted by atomic mass is 16.4. The van der Waals surface area contributed by atoms with Gasteiger partial charge in [0, 0.05) is 12.8 Å². The van der Waals surface area contributed by atoms with Crippen molar-refractivity contribution >= 4 is 11.8 Å². The second kappa shape index (κ2) is 6.05. The Bertz CT molecular complexity index is 383. The highest BCUT2D eigenvalue weighted by Gasteiger charge is 2.08. The number of hydrogen-bond acceptors (Lipinski definition) is 2. The van der Waals surface area contributed by atoms with Crippen molar-refractivity contribution in [1.82, 2.24) is 0 Å². The van der Waals surface area contributed by atoms with Crippen LogP contribution in [0.25, 0.3) is 0 Å². The Morgan fingerprint density at radius 2 is 1.94 bits per heavy atom. The molecule has 0 unspecified atom stereocenters. The highest BCUT2D eigenvalue weighted by Crippen LogP contribution is 2.12. The molecule has 0 aromatic heterocycles. The van der Waals surface area contributed by atoms with E-state index < -0.39 is 5.97 Å². The summed E-state index contributed by atoms with van der Waals surface area (Å²) in [5.74, 6) is -0.676. The van der Waals surface area contributed by atoms with Gasteiger partial charge in [-0.15, -0.1) is 0 Å². The minimum Gasteiger partial charge on any atom is -0.478 e. The Balaban J connectivity index is 2.60. The normalized spacial score (nSPS) is 10.1. The lowest BCUT2D eigenvalue weighted by Crippen LogP contribution is -2.03. The van der Waals surface area contributed by atoms with Gasteiger partial charge >= 0.3 is 5.97 Å². The molecule has 1 aromatic carbocycles. The summed E-state index contributed by atoms with van der Waals surface area (Å²) >= 11 is 0. The average molecular weight is 220 g/mol. The first-order chi connectivity index (χ1) is 7.65. The van der Waals surface area contributed by atoms with Gasteiger partial charge in [-0.2, -0.15) is 0 Å². The van der Waals surface area contributed by atoms with Gasteiger partial charge in [-0.3, -0.25) is 4.79 Å². The maximum absolute atomic E-state index is 11.1. The Morgan fingerprint density at radius 1 is 1.25 bits per heavy atom. The lowest BCUT2D eigenvalue weighted by molar-refractivity contribution is -0.118. The van der Waals surface area contributed by atoms with Gasteiger partial charge in [0.1, 0.15) is 5.78 Å². The maximum Gasteiger partial charge on any atom is 0.335 e. The molecule has 1 N–H and O–H groups in total. The van der Waals surface area contributed by atoms with Crippen LogP contribution < -0.4 is 0 Å². The van der Waals surface area contributed by atoms with Crippen LogP contribution in [0.3, 0.4) is 0 Å². The van der Waals surface area contributed by atoms with Crippen molar-refractivity contribution in [3.63, 3.8) is 0 Å². The number of aromatic carboxylic acids is 1. The highest BCUT2D eigenvalue weighted by molar-refractivity contribution is 5.89. The number of aryl methyl sites for hydroxylation is 1. The first kappa shape index (κ1) is 12.4. The topological polar surface area (TPSA) is 54.4 Å². The Hall–Kier alpha value is -1.64. The van der Waals surface area contributed by atoms with E-state index in [1.807, 2.05) is 13.0 Å². The molecule has 0 bridgehead atoms. The molecule has 0 heterocycles. The van der Waals surface area contributed by atoms with Crippen molar-refractivity contribution in [3.05, 3.63) is 35.4 Å². The molecule has 1 aromatic rings. The summed E-state index contributed by atoms with van der Waals surface area (Å²) in [5.41, 5.74) is 1.14. The van der Waals surface area contributed by atoms with Gasteiger partial charge < -0.3 is 5.11 Å². The number of hydrogen-bond donors (Lipinski definition) is 1. The third-order valence-electron chi connectivity index (χ3n) is 2.54. The van der Waals surface area contributed by atoms with Gasteiger partial charge in [-0.25, -0.2) is 4.79 Å². The molecule has 0 fully saturated rings. The number of carbonyl (C=O) groups excluding carboxylic acids is 1. The molecule has 0 spiro atoms. The number of carbonyl (C=O) groups is 2. The predicted octanol–water partition coefficient (Wildman–Crippen LogP) is 2.69. The minimum absolute atomic E-state index is 0.229. The van der Waals surface area contributed by atoms with Gasteiger partial charge in [0.15, 0.2) is 0 Å². The molecule has 3 nitrogen and oxygen atoms in total. The molecule has 16 heavy (non-hydrogen) atoms. The van der Waals surface area contributed by atoms with Gasteiger partial charge in [-0.1, -0.05) is 25.1 Å². The quantitative estimate of drug-likeness (QED) is 0.801. The molecule has 1 rings (SSSR count). The van der Waals surface area contributed by atoms with Gasteiger partial charge in [-0.05, 0) is 24.5 Å². The van der Waals surface area contributed by atoms with E-state index >= 15 is 0 Å². The summed E-state index contributed by atoms with van der Waals surface area (Å²) in [6.07, 6.45) is 2.45. The number of rotatable bonds is 6. The molecular formula is C13H16O3. The summed E-state index contributed by atoms with van der Waals surface area (Å²) in [6.45, 7) is 1.84. The third kappa shape index (κ3) is 3.50. The van der Waals surface area contributed by atoms with Crippen LogP contribution in [-0.4, -0.2) is 16.9 Å². The number of Topliss-reactive ketones (excluding diaryl/α,β-unsaturated/α-hetero) is 1. The Kier molecular flexibility index (Phi) is 4.70. The smallest absolute Gasteiger partial charge is 0.335 e. The number of benzene rings is 1. The lowest BCUT2D eigenvalue weighted by Gasteiger charge is -2.04. The zero-order valence-corrected chi connectivity index (χ0v) is 9.40. The molecule has 86 valence electrons. The minimum atomic E-state index is -0.905. The van der Waals surface area contributed by atoms with Gasteiger partial charge in [0.05, 0.1) is 5.56 Å². The molecule has 0 aliphatic heterocycles. The zero-order valence-electron chi connectivity index (χ0n) is 9.40. The van der Waals surface area contributed by atoms with E-state index in [1.54, 1.807) is 18.2 Å². The van der Waals surface area contributed by atoms with Crippen molar-refractivity contribution in [2.75, 3.05) is 0 Å². The van der Waals surface area contributed by atoms with Crippen LogP contribution in [0.2, 0.25) is 0 Å². The van der Waals surface area contributed by atoms with Crippen LogP contribution in [0.15, 0.2) is 24.3 Å². The van der Waals surface area contributed by atoms with Crippen LogP contribution in [0, 0.1) is 0 Å². The fraction of sp³-hybridized carbons (Fsp3) is 0.385. The maximum atomic E-state index is 11.1. The fourth-order valence-electron chi connectivity index (χ4n) is 1.60. The van der Waals surface area contributed by atoms with Crippen molar-refractivity contribution in [2.45, 2.75) is 32.6 Å². The molecule has 0 aliphatic rings. The third-order valence-corrected chi connectivity index (χ3v) is 2.54. The molecule has 0 atom stereocenters. The van der Waals surface area contributed by atoms with Gasteiger partial charge in [0.2, 0.25) is 0 Å². The monoisotopic (exact) mass is 220 g/mol. The van der Waals surface area contributed by atoms with E-state index in [1.165, 1.54) is 0 Å². The van der Waals surface area contributed by atoms with Crippen LogP contribution in [0.5, 0.6) is 0 Å². The summed E-state index contributed by atoms with van der Waals surface area (Å²) in [6, 6.07) is 6.94. The van der Waals surface area contributed by atoms with E-state index in [-0.39, 0.29) is 5.78 Å². The zero-order chi connectivity index (χ0) is 12.0. The van der Waals surface area contributed by atoms with Crippen molar-refractivity contribution in [3.8, 4) is 0 Å². The summed E-state index contributed by atoms with van der Waals surface area (Å²) in [7, 11) is 0. The van der Waals surface area contributed by atoms with Crippen molar-refractivity contribution < 1.29 is 14.7 Å². The summed E-state index contributed by atoms with van der Waals surface area (Å²) in [4.78, 5) is 22.0. The van der Waals surface area contributed by atoms with Crippen LogP contribution >= 0.6 is 0 Å². The molecule has 0 saturated heterocycles. The van der Waals surface area contributed by atoms with Crippen molar-refractivity contribution in [1.29, 1.82) is 0 Å². The van der Waals surface area contributed by atoms with Gasteiger partial charge in [0.25, 0.3) is 0 Å². The molecule has 0 aliphatic carbocycles. The van der Waals surface area contributed by atoms with Crippen LogP contribution in [-0.2, 0) is 11.2 Å². The second-order valence-electron chi connectivity index (χ2n) is 3.71. The fourth-order valence-corrected chi connectivity index (χ4v) is 1.60. The average Bonchev–Trinajstić information content (AvgIpc) is 2.29. The van der Waals surface area contributed by atoms with E-state index in [0.717, 1.165) is 12.0 Å². The van der Waals surface area contributed by atoms with E-state index in [2.05, 4.69) is 0 Å². The summed E-state index contributed by atoms with van der Waals surface area (Å²) < 4.78 is 0. The molecule has 3 heteroatoms. The van der Waals surface area contributed by atoms with Crippen LogP contribution in [0.1, 0.15) is 42.1 Å². The molecular weight excluding hydrogens is 204 g/mol. The molecule has 0 saturated carbocycles. The number of ketones is 1. The second-order valence-corrected chi connectivity index (χ2v) is 3.71. The SMILES string of the molecule is CCC(=O)CCCc1ccccc1C(=O)O. The van der Waals surface area contributed by atoms with E-state index in [0.29, 0.717) is 24.8 Å². The lowest BCUT2D eigenvalue weighted by atomic mass is 10.0.